The van der Waals surface area contributed by atoms with Crippen molar-refractivity contribution in [1.29, 1.82) is 0 Å². The van der Waals surface area contributed by atoms with E-state index in [1.165, 1.54) is 0 Å². The van der Waals surface area contributed by atoms with Crippen molar-refractivity contribution >= 4 is 8.32 Å². The second kappa shape index (κ2) is 8.18. The van der Waals surface area contributed by atoms with Crippen LogP contribution in [0.5, 0.6) is 5.75 Å². The number of fused-ring (bicyclic) bond motifs is 1. The lowest BCUT2D eigenvalue weighted by Gasteiger charge is -2.47. The lowest BCUT2D eigenvalue weighted by molar-refractivity contribution is -0.0302. The van der Waals surface area contributed by atoms with Crippen molar-refractivity contribution in [3.05, 3.63) is 101 Å². The molecule has 168 valence electrons. The van der Waals surface area contributed by atoms with Crippen LogP contribution in [-0.2, 0) is 12.1 Å². The van der Waals surface area contributed by atoms with E-state index in [2.05, 4.69) is 70.1 Å². The van der Waals surface area contributed by atoms with Crippen LogP contribution in [0, 0.1) is 0 Å². The molecule has 1 N–H and O–H groups in total. The van der Waals surface area contributed by atoms with Gasteiger partial charge in [-0.25, -0.2) is 0 Å². The minimum atomic E-state index is -1.95. The van der Waals surface area contributed by atoms with E-state index in [0.29, 0.717) is 0 Å². The Morgan fingerprint density at radius 1 is 0.938 bits per heavy atom. The minimum Gasteiger partial charge on any atom is -0.543 e. The van der Waals surface area contributed by atoms with Crippen molar-refractivity contribution < 1.29 is 9.53 Å². The Morgan fingerprint density at radius 3 is 2.12 bits per heavy atom. The molecule has 0 spiro atoms. The second-order valence-electron chi connectivity index (χ2n) is 10.5. The number of hydrogen-bond acceptors (Lipinski definition) is 3. The zero-order valence-electron chi connectivity index (χ0n) is 20.1. The molecule has 4 rings (SSSR count). The molecule has 0 fully saturated rings. The zero-order valence-corrected chi connectivity index (χ0v) is 21.1. The van der Waals surface area contributed by atoms with Gasteiger partial charge in [-0.1, -0.05) is 87.5 Å². The zero-order chi connectivity index (χ0) is 23.1. The molecule has 0 bridgehead atoms. The Hall–Kier alpha value is -2.40. The highest BCUT2D eigenvalue weighted by Gasteiger charge is 2.48. The highest BCUT2D eigenvalue weighted by atomic mass is 28.4. The molecule has 0 saturated heterocycles. The summed E-state index contributed by atoms with van der Waals surface area (Å²) in [6.07, 6.45) is 0. The fraction of sp³-hybridized carbons (Fsp3) is 0.357. The Kier molecular flexibility index (Phi) is 5.82. The van der Waals surface area contributed by atoms with E-state index < -0.39 is 13.9 Å². The summed E-state index contributed by atoms with van der Waals surface area (Å²) in [7, 11) is 0.143. The van der Waals surface area contributed by atoms with E-state index in [0.717, 1.165) is 34.5 Å². The molecule has 0 saturated carbocycles. The van der Waals surface area contributed by atoms with Gasteiger partial charge in [-0.05, 0) is 59.6 Å². The van der Waals surface area contributed by atoms with Gasteiger partial charge in [0.1, 0.15) is 11.4 Å². The normalized spacial score (nSPS) is 21.8. The molecule has 0 aromatic heterocycles. The van der Waals surface area contributed by atoms with Crippen LogP contribution in [0.3, 0.4) is 0 Å². The van der Waals surface area contributed by atoms with Crippen LogP contribution in [0.15, 0.2) is 78.9 Å². The van der Waals surface area contributed by atoms with Crippen LogP contribution in [0.25, 0.3) is 0 Å². The molecule has 4 heteroatoms. The summed E-state index contributed by atoms with van der Waals surface area (Å²) in [6, 6.07) is 26.4. The summed E-state index contributed by atoms with van der Waals surface area (Å²) in [5.74, 6) is 0.900. The highest BCUT2D eigenvalue weighted by Crippen LogP contribution is 2.49. The molecule has 0 unspecified atom stereocenters. The first-order valence-corrected chi connectivity index (χ1v) is 14.3. The maximum absolute atomic E-state index is 12.5. The average molecular weight is 446 g/mol. The molecular weight excluding hydrogens is 410 g/mol. The summed E-state index contributed by atoms with van der Waals surface area (Å²) >= 11 is 0. The van der Waals surface area contributed by atoms with Crippen LogP contribution in [0.1, 0.15) is 49.1 Å². The van der Waals surface area contributed by atoms with Crippen molar-refractivity contribution in [2.24, 2.45) is 0 Å². The molecule has 2 atom stereocenters. The van der Waals surface area contributed by atoms with Gasteiger partial charge in [0, 0.05) is 6.54 Å². The molecule has 1 aliphatic heterocycles. The lowest BCUT2D eigenvalue weighted by Crippen LogP contribution is -2.48. The molecule has 1 aliphatic rings. The summed E-state index contributed by atoms with van der Waals surface area (Å²) in [5.41, 5.74) is 2.91. The summed E-state index contributed by atoms with van der Waals surface area (Å²) in [6.45, 7) is 12.0. The second-order valence-corrected chi connectivity index (χ2v) is 15.3. The minimum absolute atomic E-state index is 0.128. The molecule has 3 nitrogen and oxygen atoms in total. The highest BCUT2D eigenvalue weighted by molar-refractivity contribution is 6.74. The van der Waals surface area contributed by atoms with Crippen LogP contribution >= 0.6 is 0 Å². The molecule has 0 radical (unpaired) electrons. The van der Waals surface area contributed by atoms with Gasteiger partial charge in [0.15, 0.2) is 0 Å². The van der Waals surface area contributed by atoms with Gasteiger partial charge >= 0.3 is 0 Å². The van der Waals surface area contributed by atoms with Gasteiger partial charge < -0.3 is 9.53 Å². The molecule has 1 heterocycles. The monoisotopic (exact) mass is 445 g/mol. The SMILES string of the molecule is CN1Cc2cc(O[Si](C)(C)C(C)(C)C)ccc2[C@](O)(c2ccccc2)[C@H]1c1ccccc1. The van der Waals surface area contributed by atoms with Crippen molar-refractivity contribution in [1.82, 2.24) is 4.90 Å². The van der Waals surface area contributed by atoms with Gasteiger partial charge in [0.2, 0.25) is 8.32 Å². The molecular formula is C28H35NO2Si. The van der Waals surface area contributed by atoms with Gasteiger partial charge in [0.05, 0.1) is 6.04 Å². The van der Waals surface area contributed by atoms with Crippen LogP contribution in [-0.4, -0.2) is 25.4 Å². The van der Waals surface area contributed by atoms with Crippen molar-refractivity contribution in [3.63, 3.8) is 0 Å². The van der Waals surface area contributed by atoms with Gasteiger partial charge in [-0.2, -0.15) is 0 Å². The Bertz CT molecular complexity index is 1080. The van der Waals surface area contributed by atoms with Crippen LogP contribution in [0.2, 0.25) is 18.1 Å². The van der Waals surface area contributed by atoms with E-state index in [-0.39, 0.29) is 11.1 Å². The van der Waals surface area contributed by atoms with Gasteiger partial charge in [-0.15, -0.1) is 0 Å². The predicted molar refractivity (Wildman–Crippen MR) is 134 cm³/mol. The topological polar surface area (TPSA) is 32.7 Å². The molecule has 3 aromatic carbocycles. The number of rotatable bonds is 4. The lowest BCUT2D eigenvalue weighted by atomic mass is 9.72. The number of hydrogen-bond donors (Lipinski definition) is 1. The van der Waals surface area contributed by atoms with Crippen molar-refractivity contribution in [2.75, 3.05) is 7.05 Å². The number of aliphatic hydroxyl groups is 1. The van der Waals surface area contributed by atoms with E-state index in [9.17, 15) is 5.11 Å². The molecule has 3 aromatic rings. The summed E-state index contributed by atoms with van der Waals surface area (Å²) in [5, 5.41) is 12.6. The Labute approximate surface area is 193 Å². The van der Waals surface area contributed by atoms with Crippen LogP contribution < -0.4 is 4.43 Å². The maximum Gasteiger partial charge on any atom is 0.250 e. The smallest absolute Gasteiger partial charge is 0.250 e. The Balaban J connectivity index is 1.85. The summed E-state index contributed by atoms with van der Waals surface area (Å²) < 4.78 is 6.59. The van der Waals surface area contributed by atoms with E-state index >= 15 is 0 Å². The van der Waals surface area contributed by atoms with Crippen LogP contribution in [0.4, 0.5) is 0 Å². The van der Waals surface area contributed by atoms with Gasteiger partial charge in [0.25, 0.3) is 0 Å². The quantitative estimate of drug-likeness (QED) is 0.466. The van der Waals surface area contributed by atoms with Gasteiger partial charge in [-0.3, -0.25) is 4.90 Å². The van der Waals surface area contributed by atoms with Crippen molar-refractivity contribution in [2.45, 2.75) is 57.1 Å². The first-order chi connectivity index (χ1) is 15.0. The van der Waals surface area contributed by atoms with E-state index in [4.69, 9.17) is 4.43 Å². The number of benzene rings is 3. The third kappa shape index (κ3) is 3.92. The predicted octanol–water partition coefficient (Wildman–Crippen LogP) is 6.49. The molecule has 32 heavy (non-hydrogen) atoms. The number of likely N-dealkylation sites (N-methyl/N-ethyl adjacent to an activating group) is 1. The third-order valence-corrected chi connectivity index (χ3v) is 11.6. The standard InChI is InChI=1S/C28H35NO2Si/c1-27(2,3)32(5,6)31-24-17-18-25-22(19-24)20-29(4)26(21-13-9-7-10-14-21)28(25,30)23-15-11-8-12-16-23/h7-19,26,30H,20H2,1-6H3/t26-,28-/m1/s1. The largest absolute Gasteiger partial charge is 0.543 e. The van der Waals surface area contributed by atoms with E-state index in [1.807, 2.05) is 54.6 Å². The summed E-state index contributed by atoms with van der Waals surface area (Å²) in [4.78, 5) is 2.25. The fourth-order valence-corrected chi connectivity index (χ4v) is 5.57. The molecule has 0 aliphatic carbocycles. The fourth-order valence-electron chi connectivity index (χ4n) is 4.55. The Morgan fingerprint density at radius 2 is 1.53 bits per heavy atom. The first kappa shape index (κ1) is 22.8. The third-order valence-electron chi connectivity index (χ3n) is 7.25. The van der Waals surface area contributed by atoms with E-state index in [1.54, 1.807) is 0 Å². The number of nitrogens with zero attached hydrogens (tertiary/aromatic N) is 1. The van der Waals surface area contributed by atoms with Crippen molar-refractivity contribution in [3.8, 4) is 5.75 Å². The molecule has 0 amide bonds. The average Bonchev–Trinajstić information content (AvgIpc) is 2.74. The maximum atomic E-state index is 12.5. The first-order valence-electron chi connectivity index (χ1n) is 11.4.